The summed E-state index contributed by atoms with van der Waals surface area (Å²) in [6, 6.07) is 22.1. The summed E-state index contributed by atoms with van der Waals surface area (Å²) in [5.41, 5.74) is 2.74. The first-order valence-corrected chi connectivity index (χ1v) is 11.2. The molecule has 3 aromatic carbocycles. The van der Waals surface area contributed by atoms with Crippen LogP contribution in [0.2, 0.25) is 0 Å². The molecular weight excluding hydrogens is 462 g/mol. The van der Waals surface area contributed by atoms with Crippen molar-refractivity contribution in [2.75, 3.05) is 26.6 Å². The summed E-state index contributed by atoms with van der Waals surface area (Å²) in [7, 11) is 4.84. The molecule has 0 aliphatic rings. The predicted molar refractivity (Wildman–Crippen MR) is 142 cm³/mol. The van der Waals surface area contributed by atoms with Gasteiger partial charge in [0.05, 0.1) is 25.5 Å². The molecule has 2 N–H and O–H groups in total. The molecule has 0 aromatic heterocycles. The number of carbonyl (C=O) groups excluding carboxylic acids is 2. The lowest BCUT2D eigenvalue weighted by Crippen LogP contribution is -2.34. The molecule has 180 valence electrons. The molecule has 0 radical (unpaired) electrons. The first kappa shape index (κ1) is 25.5. The van der Waals surface area contributed by atoms with Gasteiger partial charge in [-0.25, -0.2) is 0 Å². The smallest absolute Gasteiger partial charge is 0.256 e. The zero-order valence-electron chi connectivity index (χ0n) is 19.8. The van der Waals surface area contributed by atoms with Crippen molar-refractivity contribution in [3.63, 3.8) is 0 Å². The van der Waals surface area contributed by atoms with Crippen LogP contribution in [0.1, 0.15) is 21.5 Å². The molecule has 7 nitrogen and oxygen atoms in total. The molecule has 8 heteroatoms. The highest BCUT2D eigenvalue weighted by atomic mass is 32.1. The van der Waals surface area contributed by atoms with Gasteiger partial charge in [0.25, 0.3) is 5.91 Å². The van der Waals surface area contributed by atoms with E-state index in [0.717, 1.165) is 11.1 Å². The lowest BCUT2D eigenvalue weighted by molar-refractivity contribution is -0.115. The van der Waals surface area contributed by atoms with E-state index in [1.807, 2.05) is 30.3 Å². The van der Waals surface area contributed by atoms with Crippen molar-refractivity contribution >= 4 is 40.9 Å². The minimum absolute atomic E-state index is 0.0814. The van der Waals surface area contributed by atoms with Crippen LogP contribution < -0.4 is 20.1 Å². The average Bonchev–Trinajstić information content (AvgIpc) is 2.87. The van der Waals surface area contributed by atoms with Gasteiger partial charge in [0, 0.05) is 19.7 Å². The number of methoxy groups -OCH3 is 2. The molecular formula is C27H27N3O4S. The van der Waals surface area contributed by atoms with Gasteiger partial charge in [-0.2, -0.15) is 0 Å². The number of ether oxygens (including phenoxy) is 2. The summed E-state index contributed by atoms with van der Waals surface area (Å²) < 4.78 is 10.5. The maximum Gasteiger partial charge on any atom is 0.256 e. The third-order valence-corrected chi connectivity index (χ3v) is 5.29. The molecule has 0 unspecified atom stereocenters. The molecule has 0 saturated carbocycles. The Balaban J connectivity index is 1.62. The Morgan fingerprint density at radius 1 is 0.943 bits per heavy atom. The lowest BCUT2D eigenvalue weighted by atomic mass is 10.1. The molecule has 3 rings (SSSR count). The number of anilines is 1. The van der Waals surface area contributed by atoms with Crippen molar-refractivity contribution in [1.82, 2.24) is 10.2 Å². The van der Waals surface area contributed by atoms with Crippen LogP contribution in [-0.2, 0) is 11.3 Å². The predicted octanol–water partition coefficient (Wildman–Crippen LogP) is 4.50. The fourth-order valence-corrected chi connectivity index (χ4v) is 3.56. The van der Waals surface area contributed by atoms with E-state index in [1.54, 1.807) is 74.7 Å². The molecule has 2 amide bonds. The van der Waals surface area contributed by atoms with Crippen molar-refractivity contribution in [1.29, 1.82) is 0 Å². The summed E-state index contributed by atoms with van der Waals surface area (Å²) >= 11 is 5.29. The first-order valence-electron chi connectivity index (χ1n) is 10.8. The normalized spacial score (nSPS) is 10.5. The maximum atomic E-state index is 13.1. The molecule has 0 aliphatic heterocycles. The second-order valence-corrected chi connectivity index (χ2v) is 7.99. The number of carbonyl (C=O) groups is 2. The highest BCUT2D eigenvalue weighted by Gasteiger charge is 2.17. The number of amides is 2. The van der Waals surface area contributed by atoms with Crippen LogP contribution in [0.15, 0.2) is 78.9 Å². The van der Waals surface area contributed by atoms with Crippen LogP contribution in [0.4, 0.5) is 5.69 Å². The Bertz CT molecular complexity index is 1230. The highest BCUT2D eigenvalue weighted by Crippen LogP contribution is 2.28. The molecule has 0 saturated heterocycles. The number of nitrogens with one attached hydrogen (secondary N) is 2. The molecule has 35 heavy (non-hydrogen) atoms. The summed E-state index contributed by atoms with van der Waals surface area (Å²) in [5, 5.41) is 5.63. The van der Waals surface area contributed by atoms with Gasteiger partial charge in [-0.15, -0.1) is 0 Å². The van der Waals surface area contributed by atoms with E-state index in [2.05, 4.69) is 10.6 Å². The van der Waals surface area contributed by atoms with E-state index in [0.29, 0.717) is 29.3 Å². The first-order chi connectivity index (χ1) is 16.9. The fraction of sp³-hybridized carbons (Fsp3) is 0.148. The van der Waals surface area contributed by atoms with E-state index >= 15 is 0 Å². The van der Waals surface area contributed by atoms with Crippen LogP contribution in [-0.4, -0.2) is 43.1 Å². The third-order valence-electron chi connectivity index (χ3n) is 5.09. The molecule has 0 bridgehead atoms. The van der Waals surface area contributed by atoms with Gasteiger partial charge in [0.15, 0.2) is 16.6 Å². The Hall–Kier alpha value is -4.17. The monoisotopic (exact) mass is 489 g/mol. The van der Waals surface area contributed by atoms with Gasteiger partial charge in [0.2, 0.25) is 5.91 Å². The van der Waals surface area contributed by atoms with Crippen LogP contribution in [0.25, 0.3) is 6.08 Å². The Kier molecular flexibility index (Phi) is 8.97. The molecule has 3 aromatic rings. The van der Waals surface area contributed by atoms with Crippen molar-refractivity contribution in [3.8, 4) is 11.5 Å². The van der Waals surface area contributed by atoms with E-state index in [-0.39, 0.29) is 11.0 Å². The largest absolute Gasteiger partial charge is 0.493 e. The third kappa shape index (κ3) is 7.15. The van der Waals surface area contributed by atoms with Gasteiger partial charge in [-0.05, 0) is 53.7 Å². The number of hydrogen-bond acceptors (Lipinski definition) is 5. The molecule has 0 spiro atoms. The number of para-hydroxylation sites is 1. The summed E-state index contributed by atoms with van der Waals surface area (Å²) in [6.07, 6.45) is 3.00. The van der Waals surface area contributed by atoms with E-state index < -0.39 is 5.91 Å². The summed E-state index contributed by atoms with van der Waals surface area (Å²) in [5.74, 6) is 0.578. The van der Waals surface area contributed by atoms with Gasteiger partial charge >= 0.3 is 0 Å². The number of thiocarbonyl (C=S) groups is 1. The average molecular weight is 490 g/mol. The standard InChI is InChI=1S/C27H27N3O4S/c1-30(18-20-9-5-4-6-10-20)26(32)21-11-7-8-12-22(21)28-27(35)29-25(31)16-14-19-13-15-23(33-2)24(17-19)34-3/h4-17H,18H2,1-3H3,(H2,28,29,31,35)/b16-14+. The fourth-order valence-electron chi connectivity index (χ4n) is 3.35. The SMILES string of the molecule is COc1ccc(/C=C/C(=O)NC(=S)Nc2ccccc2C(=O)N(C)Cc2ccccc2)cc1OC. The van der Waals surface area contributed by atoms with Crippen LogP contribution in [0, 0.1) is 0 Å². The topological polar surface area (TPSA) is 79.9 Å². The second-order valence-electron chi connectivity index (χ2n) is 7.58. The van der Waals surface area contributed by atoms with Crippen LogP contribution in [0.5, 0.6) is 11.5 Å². The van der Waals surface area contributed by atoms with Gasteiger partial charge in [0.1, 0.15) is 0 Å². The number of nitrogens with zero attached hydrogens (tertiary/aromatic N) is 1. The summed E-state index contributed by atoms with van der Waals surface area (Å²) in [6.45, 7) is 0.468. The zero-order chi connectivity index (χ0) is 25.2. The lowest BCUT2D eigenvalue weighted by Gasteiger charge is -2.20. The Morgan fingerprint density at radius 3 is 2.34 bits per heavy atom. The maximum absolute atomic E-state index is 13.1. The van der Waals surface area contributed by atoms with Crippen LogP contribution in [0.3, 0.4) is 0 Å². The van der Waals surface area contributed by atoms with Crippen molar-refractivity contribution in [2.45, 2.75) is 6.54 Å². The molecule has 0 fully saturated rings. The zero-order valence-corrected chi connectivity index (χ0v) is 20.6. The quantitative estimate of drug-likeness (QED) is 0.358. The van der Waals surface area contributed by atoms with Crippen molar-refractivity contribution in [2.24, 2.45) is 0 Å². The number of hydrogen-bond donors (Lipinski definition) is 2. The highest BCUT2D eigenvalue weighted by molar-refractivity contribution is 7.80. The van der Waals surface area contributed by atoms with Gasteiger partial charge in [-0.1, -0.05) is 48.5 Å². The van der Waals surface area contributed by atoms with Crippen molar-refractivity contribution in [3.05, 3.63) is 95.6 Å². The summed E-state index contributed by atoms with van der Waals surface area (Å²) in [4.78, 5) is 27.1. The minimum atomic E-state index is -0.415. The van der Waals surface area contributed by atoms with E-state index in [9.17, 15) is 9.59 Å². The molecule has 0 heterocycles. The number of benzene rings is 3. The molecule has 0 atom stereocenters. The van der Waals surface area contributed by atoms with Crippen molar-refractivity contribution < 1.29 is 19.1 Å². The Morgan fingerprint density at radius 2 is 1.63 bits per heavy atom. The van der Waals surface area contributed by atoms with Gasteiger partial charge in [-0.3, -0.25) is 14.9 Å². The van der Waals surface area contributed by atoms with Gasteiger partial charge < -0.3 is 19.7 Å². The van der Waals surface area contributed by atoms with E-state index in [1.165, 1.54) is 6.08 Å². The Labute approximate surface area is 210 Å². The van der Waals surface area contributed by atoms with E-state index in [4.69, 9.17) is 21.7 Å². The number of rotatable bonds is 8. The molecule has 0 aliphatic carbocycles. The second kappa shape index (κ2) is 12.3. The van der Waals surface area contributed by atoms with Crippen LogP contribution >= 0.6 is 12.2 Å². The minimum Gasteiger partial charge on any atom is -0.493 e.